The number of nitrogen functional groups attached to an aromatic ring is 1. The lowest BCUT2D eigenvalue weighted by Gasteiger charge is -2.24. The first-order valence-electron chi connectivity index (χ1n) is 7.21. The highest BCUT2D eigenvalue weighted by Gasteiger charge is 2.18. The third-order valence-electron chi connectivity index (χ3n) is 3.14. The van der Waals surface area contributed by atoms with Crippen molar-refractivity contribution in [3.05, 3.63) is 58.9 Å². The van der Waals surface area contributed by atoms with E-state index in [1.807, 2.05) is 24.3 Å². The summed E-state index contributed by atoms with van der Waals surface area (Å²) in [6.45, 7) is 5.28. The molecule has 0 aliphatic carbocycles. The summed E-state index contributed by atoms with van der Waals surface area (Å²) in [5, 5.41) is 0.663. The van der Waals surface area contributed by atoms with Gasteiger partial charge in [0.2, 0.25) is 0 Å². The summed E-state index contributed by atoms with van der Waals surface area (Å²) < 4.78 is 0. The minimum Gasteiger partial charge on any atom is -0.399 e. The van der Waals surface area contributed by atoms with Crippen LogP contribution in [0.3, 0.4) is 0 Å². The molecule has 2 aromatic rings. The molecule has 1 aromatic carbocycles. The molecule has 0 saturated carbocycles. The summed E-state index contributed by atoms with van der Waals surface area (Å²) in [5.74, 6) is 0.227. The average Bonchev–Trinajstić information content (AvgIpc) is 2.45. The number of nitrogens with two attached hydrogens (primary N) is 1. The smallest absolute Gasteiger partial charge is 0.272 e. The van der Waals surface area contributed by atoms with Crippen molar-refractivity contribution in [3.8, 4) is 0 Å². The maximum absolute atomic E-state index is 12.7. The number of carbonyl (C=O) groups excluding carboxylic acids is 1. The first-order valence-corrected chi connectivity index (χ1v) is 7.58. The van der Waals surface area contributed by atoms with E-state index in [9.17, 15) is 4.79 Å². The fraction of sp³-hybridized carbons (Fsp3) is 0.294. The van der Waals surface area contributed by atoms with Crippen molar-refractivity contribution in [2.75, 3.05) is 12.3 Å². The fourth-order valence-electron chi connectivity index (χ4n) is 2.24. The standard InChI is InChI=1S/C17H20ClN3O/c1-12(2)10-21(11-13-4-3-5-14(18)8-13)17(22)16-9-15(19)6-7-20-16/h3-9,12H,10-11H2,1-2H3,(H2,19,20). The fourth-order valence-corrected chi connectivity index (χ4v) is 2.45. The number of nitrogens with zero attached hydrogens (tertiary/aromatic N) is 2. The van der Waals surface area contributed by atoms with Crippen molar-refractivity contribution >= 4 is 23.2 Å². The maximum atomic E-state index is 12.7. The number of pyridine rings is 1. The van der Waals surface area contributed by atoms with Gasteiger partial charge in [-0.2, -0.15) is 0 Å². The molecule has 0 bridgehead atoms. The van der Waals surface area contributed by atoms with Crippen LogP contribution in [-0.2, 0) is 6.54 Å². The van der Waals surface area contributed by atoms with Gasteiger partial charge in [0.05, 0.1) is 0 Å². The molecule has 0 fully saturated rings. The summed E-state index contributed by atoms with van der Waals surface area (Å²) in [6.07, 6.45) is 1.55. The zero-order valence-electron chi connectivity index (χ0n) is 12.8. The van der Waals surface area contributed by atoms with Crippen molar-refractivity contribution in [2.24, 2.45) is 5.92 Å². The third-order valence-corrected chi connectivity index (χ3v) is 3.37. The number of rotatable bonds is 5. The normalized spacial score (nSPS) is 10.7. The Kier molecular flexibility index (Phi) is 5.39. The van der Waals surface area contributed by atoms with Crippen molar-refractivity contribution in [1.29, 1.82) is 0 Å². The number of hydrogen-bond donors (Lipinski definition) is 1. The lowest BCUT2D eigenvalue weighted by Crippen LogP contribution is -2.34. The lowest BCUT2D eigenvalue weighted by atomic mass is 10.1. The van der Waals surface area contributed by atoms with E-state index in [0.29, 0.717) is 35.4 Å². The van der Waals surface area contributed by atoms with E-state index in [0.717, 1.165) is 5.56 Å². The van der Waals surface area contributed by atoms with Crippen LogP contribution in [0.2, 0.25) is 5.02 Å². The van der Waals surface area contributed by atoms with Crippen LogP contribution in [0.5, 0.6) is 0 Å². The van der Waals surface area contributed by atoms with Crippen LogP contribution in [0.25, 0.3) is 0 Å². The van der Waals surface area contributed by atoms with Crippen molar-refractivity contribution in [1.82, 2.24) is 9.88 Å². The molecule has 22 heavy (non-hydrogen) atoms. The van der Waals surface area contributed by atoms with Gasteiger partial charge in [-0.05, 0) is 35.7 Å². The molecule has 1 aromatic heterocycles. The monoisotopic (exact) mass is 317 g/mol. The van der Waals surface area contributed by atoms with Gasteiger partial charge in [-0.25, -0.2) is 0 Å². The second kappa shape index (κ2) is 7.27. The SMILES string of the molecule is CC(C)CN(Cc1cccc(Cl)c1)C(=O)c1cc(N)ccn1. The minimum atomic E-state index is -0.124. The zero-order valence-corrected chi connectivity index (χ0v) is 13.5. The molecule has 0 unspecified atom stereocenters. The molecular formula is C17H20ClN3O. The quantitative estimate of drug-likeness (QED) is 0.916. The Morgan fingerprint density at radius 3 is 2.73 bits per heavy atom. The van der Waals surface area contributed by atoms with Gasteiger partial charge in [-0.1, -0.05) is 37.6 Å². The van der Waals surface area contributed by atoms with E-state index in [4.69, 9.17) is 17.3 Å². The van der Waals surface area contributed by atoms with E-state index in [1.54, 1.807) is 23.2 Å². The predicted molar refractivity (Wildman–Crippen MR) is 89.7 cm³/mol. The minimum absolute atomic E-state index is 0.124. The van der Waals surface area contributed by atoms with Gasteiger partial charge in [0.1, 0.15) is 5.69 Å². The Labute approximate surface area is 135 Å². The highest BCUT2D eigenvalue weighted by molar-refractivity contribution is 6.30. The molecule has 0 aliphatic rings. The van der Waals surface area contributed by atoms with Crippen molar-refractivity contribution in [2.45, 2.75) is 20.4 Å². The Morgan fingerprint density at radius 1 is 1.32 bits per heavy atom. The molecule has 1 amide bonds. The molecule has 2 N–H and O–H groups in total. The number of anilines is 1. The molecule has 0 spiro atoms. The van der Waals surface area contributed by atoms with Crippen LogP contribution in [-0.4, -0.2) is 22.3 Å². The van der Waals surface area contributed by atoms with E-state index < -0.39 is 0 Å². The molecule has 0 aliphatic heterocycles. The summed E-state index contributed by atoms with van der Waals surface area (Å²) in [7, 11) is 0. The molecule has 0 radical (unpaired) electrons. The Balaban J connectivity index is 2.23. The summed E-state index contributed by atoms with van der Waals surface area (Å²) in [6, 6.07) is 10.8. The van der Waals surface area contributed by atoms with Crippen molar-refractivity contribution in [3.63, 3.8) is 0 Å². The Bertz CT molecular complexity index is 658. The van der Waals surface area contributed by atoms with Crippen LogP contribution in [0, 0.1) is 5.92 Å². The average molecular weight is 318 g/mol. The maximum Gasteiger partial charge on any atom is 0.272 e. The Hall–Kier alpha value is -2.07. The highest BCUT2D eigenvalue weighted by atomic mass is 35.5. The zero-order chi connectivity index (χ0) is 16.1. The van der Waals surface area contributed by atoms with Gasteiger partial charge in [-0.3, -0.25) is 9.78 Å². The van der Waals surface area contributed by atoms with Gasteiger partial charge >= 0.3 is 0 Å². The number of amides is 1. The molecule has 0 atom stereocenters. The van der Waals surface area contributed by atoms with Crippen LogP contribution in [0.1, 0.15) is 29.9 Å². The van der Waals surface area contributed by atoms with Crippen LogP contribution in [0.4, 0.5) is 5.69 Å². The first-order chi connectivity index (χ1) is 10.5. The summed E-state index contributed by atoms with van der Waals surface area (Å²) >= 11 is 6.02. The van der Waals surface area contributed by atoms with Crippen LogP contribution in [0.15, 0.2) is 42.6 Å². The largest absolute Gasteiger partial charge is 0.399 e. The Morgan fingerprint density at radius 2 is 2.09 bits per heavy atom. The van der Waals surface area contributed by atoms with Crippen molar-refractivity contribution < 1.29 is 4.79 Å². The second-order valence-electron chi connectivity index (χ2n) is 5.68. The van der Waals surface area contributed by atoms with Gasteiger partial charge in [0.25, 0.3) is 5.91 Å². The van der Waals surface area contributed by atoms with E-state index in [2.05, 4.69) is 18.8 Å². The molecular weight excluding hydrogens is 298 g/mol. The van der Waals surface area contributed by atoms with E-state index in [-0.39, 0.29) is 5.91 Å². The first kappa shape index (κ1) is 16.3. The molecule has 0 saturated heterocycles. The van der Waals surface area contributed by atoms with Gasteiger partial charge < -0.3 is 10.6 Å². The lowest BCUT2D eigenvalue weighted by molar-refractivity contribution is 0.0716. The topological polar surface area (TPSA) is 59.2 Å². The van der Waals surface area contributed by atoms with E-state index >= 15 is 0 Å². The third kappa shape index (κ3) is 4.46. The number of carbonyl (C=O) groups is 1. The summed E-state index contributed by atoms with van der Waals surface area (Å²) in [5.41, 5.74) is 7.63. The number of aromatic nitrogens is 1. The molecule has 4 nitrogen and oxygen atoms in total. The predicted octanol–water partition coefficient (Wildman–Crippen LogP) is 3.62. The molecule has 116 valence electrons. The van der Waals surface area contributed by atoms with Gasteiger partial charge in [0.15, 0.2) is 0 Å². The number of halogens is 1. The van der Waals surface area contributed by atoms with Crippen LogP contribution >= 0.6 is 11.6 Å². The van der Waals surface area contributed by atoms with Crippen LogP contribution < -0.4 is 5.73 Å². The second-order valence-corrected chi connectivity index (χ2v) is 6.12. The highest BCUT2D eigenvalue weighted by Crippen LogP contribution is 2.16. The van der Waals surface area contributed by atoms with E-state index in [1.165, 1.54) is 0 Å². The number of hydrogen-bond acceptors (Lipinski definition) is 3. The van der Waals surface area contributed by atoms with Gasteiger partial charge in [-0.15, -0.1) is 0 Å². The number of benzene rings is 1. The molecule has 1 heterocycles. The summed E-state index contributed by atoms with van der Waals surface area (Å²) in [4.78, 5) is 18.6. The van der Waals surface area contributed by atoms with Gasteiger partial charge in [0, 0.05) is 30.0 Å². The molecule has 5 heteroatoms. The molecule has 2 rings (SSSR count).